The van der Waals surface area contributed by atoms with E-state index in [1.165, 1.54) is 0 Å². The molecule has 0 aliphatic rings. The molecule has 0 fully saturated rings. The molecule has 5 nitrogen and oxygen atoms in total. The monoisotopic (exact) mass is 333 g/mol. The highest BCUT2D eigenvalue weighted by Crippen LogP contribution is 2.25. The van der Waals surface area contributed by atoms with Crippen molar-refractivity contribution < 1.29 is 0 Å². The zero-order valence-corrected chi connectivity index (χ0v) is 12.8. The van der Waals surface area contributed by atoms with E-state index in [0.29, 0.717) is 17.2 Å². The van der Waals surface area contributed by atoms with Crippen LogP contribution in [0, 0.1) is 11.3 Å². The Morgan fingerprint density at radius 1 is 1.50 bits per heavy atom. The van der Waals surface area contributed by atoms with E-state index in [1.54, 1.807) is 4.68 Å². The molecule has 20 heavy (non-hydrogen) atoms. The van der Waals surface area contributed by atoms with Crippen LogP contribution in [0.25, 0.3) is 5.69 Å². The van der Waals surface area contributed by atoms with Crippen molar-refractivity contribution in [2.75, 3.05) is 17.6 Å². The van der Waals surface area contributed by atoms with Gasteiger partial charge in [-0.3, -0.25) is 0 Å². The third-order valence-electron chi connectivity index (χ3n) is 2.91. The third kappa shape index (κ3) is 2.94. The highest BCUT2D eigenvalue weighted by atomic mass is 79.9. The van der Waals surface area contributed by atoms with Gasteiger partial charge in [0.15, 0.2) is 5.82 Å². The number of hydrogen-bond acceptors (Lipinski definition) is 4. The number of nitrogen functional groups attached to an aromatic ring is 1. The van der Waals surface area contributed by atoms with E-state index >= 15 is 0 Å². The van der Waals surface area contributed by atoms with Crippen LogP contribution in [0.5, 0.6) is 0 Å². The molecule has 0 radical (unpaired) electrons. The zero-order chi connectivity index (χ0) is 14.5. The lowest BCUT2D eigenvalue weighted by Crippen LogP contribution is -2.04. The first-order valence-electron chi connectivity index (χ1n) is 6.45. The number of aromatic nitrogens is 2. The normalized spacial score (nSPS) is 10.2. The second kappa shape index (κ2) is 6.44. The molecule has 0 amide bonds. The number of nitrogens with zero attached hydrogens (tertiary/aromatic N) is 3. The fraction of sp³-hybridized carbons (Fsp3) is 0.286. The van der Waals surface area contributed by atoms with Crippen LogP contribution in [-0.4, -0.2) is 16.3 Å². The van der Waals surface area contributed by atoms with Gasteiger partial charge in [0.25, 0.3) is 0 Å². The summed E-state index contributed by atoms with van der Waals surface area (Å²) < 4.78 is 2.52. The average Bonchev–Trinajstić information content (AvgIpc) is 2.75. The number of rotatable bonds is 5. The standard InChI is InChI=1S/C14H16BrN5/c1-2-3-7-18-14-12(9-16)13(17)20(19-14)11-6-4-5-10(15)8-11/h4-6,8H,2-3,7,17H2,1H3,(H,18,19). The number of nitriles is 1. The maximum absolute atomic E-state index is 9.24. The molecule has 1 aromatic heterocycles. The van der Waals surface area contributed by atoms with Crippen LogP contribution in [0.3, 0.4) is 0 Å². The number of unbranched alkanes of at least 4 members (excludes halogenated alkanes) is 1. The Balaban J connectivity index is 2.38. The van der Waals surface area contributed by atoms with Gasteiger partial charge < -0.3 is 11.1 Å². The van der Waals surface area contributed by atoms with Crippen molar-refractivity contribution in [2.45, 2.75) is 19.8 Å². The molecule has 104 valence electrons. The maximum atomic E-state index is 9.24. The van der Waals surface area contributed by atoms with Crippen LogP contribution in [0.1, 0.15) is 25.3 Å². The number of anilines is 2. The van der Waals surface area contributed by atoms with Crippen LogP contribution < -0.4 is 11.1 Å². The lowest BCUT2D eigenvalue weighted by molar-refractivity contribution is 0.822. The van der Waals surface area contributed by atoms with Gasteiger partial charge in [-0.25, -0.2) is 4.68 Å². The molecule has 0 saturated carbocycles. The predicted octanol–water partition coefficient (Wildman–Crippen LogP) is 3.30. The van der Waals surface area contributed by atoms with Crippen molar-refractivity contribution in [2.24, 2.45) is 0 Å². The van der Waals surface area contributed by atoms with Gasteiger partial charge in [-0.05, 0) is 24.6 Å². The SMILES string of the molecule is CCCCNc1nn(-c2cccc(Br)c2)c(N)c1C#N. The van der Waals surface area contributed by atoms with Gasteiger partial charge in [-0.2, -0.15) is 5.26 Å². The topological polar surface area (TPSA) is 79.7 Å². The highest BCUT2D eigenvalue weighted by molar-refractivity contribution is 9.10. The Labute approximate surface area is 126 Å². The van der Waals surface area contributed by atoms with Gasteiger partial charge in [0.2, 0.25) is 0 Å². The molecule has 0 bridgehead atoms. The summed E-state index contributed by atoms with van der Waals surface area (Å²) in [4.78, 5) is 0. The maximum Gasteiger partial charge on any atom is 0.168 e. The Kier molecular flexibility index (Phi) is 4.64. The second-order valence-electron chi connectivity index (χ2n) is 4.39. The van der Waals surface area contributed by atoms with Gasteiger partial charge in [0, 0.05) is 11.0 Å². The van der Waals surface area contributed by atoms with E-state index < -0.39 is 0 Å². The van der Waals surface area contributed by atoms with Crippen LogP contribution in [-0.2, 0) is 0 Å². The summed E-state index contributed by atoms with van der Waals surface area (Å²) in [6.07, 6.45) is 2.10. The number of hydrogen-bond donors (Lipinski definition) is 2. The van der Waals surface area contributed by atoms with Gasteiger partial charge in [-0.15, -0.1) is 5.10 Å². The molecule has 0 atom stereocenters. The first-order valence-corrected chi connectivity index (χ1v) is 7.25. The minimum atomic E-state index is 0.351. The van der Waals surface area contributed by atoms with E-state index in [2.05, 4.69) is 39.3 Å². The van der Waals surface area contributed by atoms with Crippen molar-refractivity contribution >= 4 is 27.6 Å². The fourth-order valence-corrected chi connectivity index (χ4v) is 2.24. The highest BCUT2D eigenvalue weighted by Gasteiger charge is 2.16. The largest absolute Gasteiger partial charge is 0.382 e. The fourth-order valence-electron chi connectivity index (χ4n) is 1.85. The Morgan fingerprint density at radius 3 is 2.95 bits per heavy atom. The summed E-state index contributed by atoms with van der Waals surface area (Å²) in [6.45, 7) is 2.89. The molecular weight excluding hydrogens is 318 g/mol. The van der Waals surface area contributed by atoms with Crippen molar-refractivity contribution in [1.82, 2.24) is 9.78 Å². The van der Waals surface area contributed by atoms with Gasteiger partial charge >= 0.3 is 0 Å². The van der Waals surface area contributed by atoms with Crippen LogP contribution in [0.4, 0.5) is 11.6 Å². The Morgan fingerprint density at radius 2 is 2.30 bits per heavy atom. The molecule has 2 aromatic rings. The second-order valence-corrected chi connectivity index (χ2v) is 5.31. The summed E-state index contributed by atoms with van der Waals surface area (Å²) in [5, 5.41) is 16.8. The molecule has 0 spiro atoms. The molecule has 6 heteroatoms. The first kappa shape index (κ1) is 14.4. The van der Waals surface area contributed by atoms with Crippen molar-refractivity contribution in [1.29, 1.82) is 5.26 Å². The molecule has 0 saturated heterocycles. The van der Waals surface area contributed by atoms with Crippen LogP contribution >= 0.6 is 15.9 Å². The van der Waals surface area contributed by atoms with Crippen LogP contribution in [0.2, 0.25) is 0 Å². The lowest BCUT2D eigenvalue weighted by Gasteiger charge is -2.04. The van der Waals surface area contributed by atoms with Crippen LogP contribution in [0.15, 0.2) is 28.7 Å². The number of nitrogens with two attached hydrogens (primary N) is 1. The summed E-state index contributed by atoms with van der Waals surface area (Å²) >= 11 is 3.42. The Bertz CT molecular complexity index is 641. The zero-order valence-electron chi connectivity index (χ0n) is 11.2. The summed E-state index contributed by atoms with van der Waals surface area (Å²) in [6, 6.07) is 9.74. The molecule has 1 heterocycles. The summed E-state index contributed by atoms with van der Waals surface area (Å²) in [5.74, 6) is 0.892. The van der Waals surface area contributed by atoms with Crippen molar-refractivity contribution in [3.8, 4) is 11.8 Å². The van der Waals surface area contributed by atoms with Gasteiger partial charge in [0.1, 0.15) is 17.5 Å². The van der Waals surface area contributed by atoms with E-state index in [1.807, 2.05) is 24.3 Å². The lowest BCUT2D eigenvalue weighted by atomic mass is 10.3. The number of benzene rings is 1. The molecule has 3 N–H and O–H groups in total. The van der Waals surface area contributed by atoms with Gasteiger partial charge in [-0.1, -0.05) is 35.3 Å². The number of nitrogens with one attached hydrogen (secondary N) is 1. The predicted molar refractivity (Wildman–Crippen MR) is 83.8 cm³/mol. The summed E-state index contributed by atoms with van der Waals surface area (Å²) in [7, 11) is 0. The molecule has 0 aliphatic heterocycles. The first-order chi connectivity index (χ1) is 9.67. The van der Waals surface area contributed by atoms with E-state index in [-0.39, 0.29) is 0 Å². The number of halogens is 1. The molecule has 0 aliphatic carbocycles. The van der Waals surface area contributed by atoms with E-state index in [9.17, 15) is 5.26 Å². The van der Waals surface area contributed by atoms with Crippen molar-refractivity contribution in [3.63, 3.8) is 0 Å². The minimum Gasteiger partial charge on any atom is -0.382 e. The minimum absolute atomic E-state index is 0.351. The van der Waals surface area contributed by atoms with E-state index in [4.69, 9.17) is 5.73 Å². The van der Waals surface area contributed by atoms with Crippen molar-refractivity contribution in [3.05, 3.63) is 34.3 Å². The Hall–Kier alpha value is -2.00. The molecule has 0 unspecified atom stereocenters. The quantitative estimate of drug-likeness (QED) is 0.822. The van der Waals surface area contributed by atoms with E-state index in [0.717, 1.165) is 29.5 Å². The molecule has 2 rings (SSSR count). The average molecular weight is 334 g/mol. The smallest absolute Gasteiger partial charge is 0.168 e. The summed E-state index contributed by atoms with van der Waals surface area (Å²) in [5.41, 5.74) is 7.23. The molecule has 1 aromatic carbocycles. The third-order valence-corrected chi connectivity index (χ3v) is 3.40. The van der Waals surface area contributed by atoms with Gasteiger partial charge in [0.05, 0.1) is 5.69 Å². The molecular formula is C14H16BrN5.